The predicted molar refractivity (Wildman–Crippen MR) is 127 cm³/mol. The minimum Gasteiger partial charge on any atom is -0.337 e. The zero-order chi connectivity index (χ0) is 22.1. The van der Waals surface area contributed by atoms with Crippen molar-refractivity contribution in [3.05, 3.63) is 87.3 Å². The van der Waals surface area contributed by atoms with E-state index in [2.05, 4.69) is 26.9 Å². The average molecular weight is 453 g/mol. The highest BCUT2D eigenvalue weighted by molar-refractivity contribution is 6.32. The lowest BCUT2D eigenvalue weighted by Crippen LogP contribution is -2.38. The standard InChI is InChI=1S/C25H26ClFN4O/c26-23-2-1-3-24-22(23)16-19(17-31(24)21-6-4-20(27)5-7-21)18-8-11-29(12-9-18)14-15-30-13-10-28-25(30)32/h1-7,10,13,16,18H,8-9,11-12,14-15,17H2,(H,28,32). The number of benzene rings is 2. The Balaban J connectivity index is 1.31. The molecule has 0 aliphatic carbocycles. The van der Waals surface area contributed by atoms with E-state index in [1.807, 2.05) is 24.3 Å². The van der Waals surface area contributed by atoms with Gasteiger partial charge < -0.3 is 14.8 Å². The van der Waals surface area contributed by atoms with Gasteiger partial charge in [0.25, 0.3) is 0 Å². The molecular weight excluding hydrogens is 427 g/mol. The van der Waals surface area contributed by atoms with Crippen molar-refractivity contribution in [1.82, 2.24) is 14.5 Å². The molecule has 0 bridgehead atoms. The first kappa shape index (κ1) is 21.0. The first-order valence-electron chi connectivity index (χ1n) is 11.1. The molecule has 0 atom stereocenters. The van der Waals surface area contributed by atoms with Gasteiger partial charge in [0.15, 0.2) is 0 Å². The molecule has 1 saturated heterocycles. The first-order valence-corrected chi connectivity index (χ1v) is 11.4. The van der Waals surface area contributed by atoms with Gasteiger partial charge in [-0.05, 0) is 73.8 Å². The molecule has 0 amide bonds. The normalized spacial score (nSPS) is 17.3. The number of nitrogens with one attached hydrogen (secondary N) is 1. The Hall–Kier alpha value is -2.83. The number of imidazole rings is 1. The van der Waals surface area contributed by atoms with Crippen LogP contribution >= 0.6 is 11.6 Å². The molecular formula is C25H26ClFN4O. The van der Waals surface area contributed by atoms with Gasteiger partial charge in [-0.2, -0.15) is 0 Å². The molecule has 2 aliphatic rings. The molecule has 1 N–H and O–H groups in total. The van der Waals surface area contributed by atoms with Gasteiger partial charge in [0.2, 0.25) is 0 Å². The van der Waals surface area contributed by atoms with Crippen LogP contribution in [0.3, 0.4) is 0 Å². The molecule has 1 fully saturated rings. The van der Waals surface area contributed by atoms with E-state index < -0.39 is 0 Å². The van der Waals surface area contributed by atoms with Crippen molar-refractivity contribution < 1.29 is 4.39 Å². The number of piperidine rings is 1. The number of hydrogen-bond acceptors (Lipinski definition) is 3. The van der Waals surface area contributed by atoms with Crippen LogP contribution in [0.25, 0.3) is 6.08 Å². The molecule has 166 valence electrons. The van der Waals surface area contributed by atoms with Crippen LogP contribution in [-0.4, -0.2) is 40.6 Å². The van der Waals surface area contributed by atoms with Crippen LogP contribution in [0.15, 0.2) is 65.2 Å². The lowest BCUT2D eigenvalue weighted by molar-refractivity contribution is 0.191. The fourth-order valence-corrected chi connectivity index (χ4v) is 5.03. The number of hydrogen-bond donors (Lipinski definition) is 1. The van der Waals surface area contributed by atoms with Crippen LogP contribution in [0.2, 0.25) is 5.02 Å². The van der Waals surface area contributed by atoms with Crippen molar-refractivity contribution in [2.75, 3.05) is 31.1 Å². The van der Waals surface area contributed by atoms with Crippen molar-refractivity contribution >= 4 is 29.1 Å². The number of likely N-dealkylation sites (tertiary alicyclic amines) is 1. The molecule has 0 unspecified atom stereocenters. The van der Waals surface area contributed by atoms with Crippen molar-refractivity contribution in [2.45, 2.75) is 19.4 Å². The summed E-state index contributed by atoms with van der Waals surface area (Å²) in [6.45, 7) is 4.37. The maximum Gasteiger partial charge on any atom is 0.325 e. The molecule has 5 rings (SSSR count). The van der Waals surface area contributed by atoms with E-state index in [0.717, 1.165) is 61.0 Å². The lowest BCUT2D eigenvalue weighted by atomic mass is 9.85. The number of halogens is 2. The summed E-state index contributed by atoms with van der Waals surface area (Å²) < 4.78 is 15.2. The number of nitrogens with zero attached hydrogens (tertiary/aromatic N) is 3. The fraction of sp³-hybridized carbons (Fsp3) is 0.320. The van der Waals surface area contributed by atoms with Crippen LogP contribution in [0.5, 0.6) is 0 Å². The summed E-state index contributed by atoms with van der Waals surface area (Å²) >= 11 is 6.58. The molecule has 2 aromatic carbocycles. The maximum atomic E-state index is 13.5. The zero-order valence-electron chi connectivity index (χ0n) is 17.8. The summed E-state index contributed by atoms with van der Waals surface area (Å²) in [5, 5.41) is 0.737. The number of H-pyrrole nitrogens is 1. The van der Waals surface area contributed by atoms with Gasteiger partial charge in [0.1, 0.15) is 5.82 Å². The van der Waals surface area contributed by atoms with Crippen LogP contribution < -0.4 is 10.6 Å². The summed E-state index contributed by atoms with van der Waals surface area (Å²) in [5.74, 6) is 0.246. The van der Waals surface area contributed by atoms with E-state index >= 15 is 0 Å². The Morgan fingerprint density at radius 1 is 1.06 bits per heavy atom. The Morgan fingerprint density at radius 2 is 1.84 bits per heavy atom. The topological polar surface area (TPSA) is 44.3 Å². The van der Waals surface area contributed by atoms with Crippen molar-refractivity contribution in [3.8, 4) is 0 Å². The van der Waals surface area contributed by atoms with Gasteiger partial charge in [-0.15, -0.1) is 0 Å². The van der Waals surface area contributed by atoms with Crippen LogP contribution in [0, 0.1) is 11.7 Å². The summed E-state index contributed by atoms with van der Waals surface area (Å²) in [4.78, 5) is 19.0. The Bertz CT molecular complexity index is 1180. The number of fused-ring (bicyclic) bond motifs is 1. The third-order valence-electron chi connectivity index (χ3n) is 6.62. The lowest BCUT2D eigenvalue weighted by Gasteiger charge is -2.38. The molecule has 7 heteroatoms. The van der Waals surface area contributed by atoms with Gasteiger partial charge in [-0.1, -0.05) is 23.7 Å². The van der Waals surface area contributed by atoms with E-state index in [1.54, 1.807) is 17.0 Å². The molecule has 3 aromatic rings. The first-order chi connectivity index (χ1) is 15.6. The second-order valence-electron chi connectivity index (χ2n) is 8.53. The maximum absolute atomic E-state index is 13.5. The van der Waals surface area contributed by atoms with Crippen molar-refractivity contribution in [2.24, 2.45) is 5.92 Å². The van der Waals surface area contributed by atoms with E-state index in [-0.39, 0.29) is 11.5 Å². The minimum atomic E-state index is -0.234. The quantitative estimate of drug-likeness (QED) is 0.597. The highest BCUT2D eigenvalue weighted by Gasteiger charge is 2.28. The van der Waals surface area contributed by atoms with E-state index in [1.165, 1.54) is 17.7 Å². The van der Waals surface area contributed by atoms with Crippen LogP contribution in [0.4, 0.5) is 15.8 Å². The number of aromatic amines is 1. The highest BCUT2D eigenvalue weighted by atomic mass is 35.5. The summed E-state index contributed by atoms with van der Waals surface area (Å²) in [6.07, 6.45) is 7.89. The SMILES string of the molecule is O=c1[nH]ccn1CCN1CCC(C2=Cc3c(Cl)cccc3N(c3ccc(F)cc3)C2)CC1. The van der Waals surface area contributed by atoms with Gasteiger partial charge in [-0.3, -0.25) is 4.57 Å². The molecule has 1 aromatic heterocycles. The number of rotatable bonds is 5. The second kappa shape index (κ2) is 8.96. The predicted octanol–water partition coefficient (Wildman–Crippen LogP) is 4.92. The third kappa shape index (κ3) is 4.25. The van der Waals surface area contributed by atoms with Crippen LogP contribution in [-0.2, 0) is 6.54 Å². The minimum absolute atomic E-state index is 0.0522. The van der Waals surface area contributed by atoms with Crippen LogP contribution in [0.1, 0.15) is 18.4 Å². The monoisotopic (exact) mass is 452 g/mol. The highest BCUT2D eigenvalue weighted by Crippen LogP contribution is 2.41. The molecule has 32 heavy (non-hydrogen) atoms. The fourth-order valence-electron chi connectivity index (χ4n) is 4.80. The molecule has 2 aliphatic heterocycles. The summed E-state index contributed by atoms with van der Waals surface area (Å²) in [6, 6.07) is 12.6. The van der Waals surface area contributed by atoms with E-state index in [9.17, 15) is 9.18 Å². The summed E-state index contributed by atoms with van der Waals surface area (Å²) in [7, 11) is 0. The Kier molecular flexibility index (Phi) is 5.89. The van der Waals surface area contributed by atoms with Crippen molar-refractivity contribution in [1.29, 1.82) is 0 Å². The second-order valence-corrected chi connectivity index (χ2v) is 8.94. The molecule has 3 heterocycles. The van der Waals surface area contributed by atoms with Gasteiger partial charge in [-0.25, -0.2) is 9.18 Å². The molecule has 0 spiro atoms. The smallest absolute Gasteiger partial charge is 0.325 e. The van der Waals surface area contributed by atoms with E-state index in [4.69, 9.17) is 11.6 Å². The van der Waals surface area contributed by atoms with E-state index in [0.29, 0.717) is 12.5 Å². The Morgan fingerprint density at radius 3 is 2.56 bits per heavy atom. The molecule has 0 saturated carbocycles. The Labute approximate surface area is 191 Å². The third-order valence-corrected chi connectivity index (χ3v) is 6.95. The zero-order valence-corrected chi connectivity index (χ0v) is 18.6. The number of anilines is 2. The average Bonchev–Trinajstić information content (AvgIpc) is 3.23. The largest absolute Gasteiger partial charge is 0.337 e. The number of aromatic nitrogens is 2. The van der Waals surface area contributed by atoms with Crippen molar-refractivity contribution in [3.63, 3.8) is 0 Å². The van der Waals surface area contributed by atoms with Gasteiger partial charge >= 0.3 is 5.69 Å². The van der Waals surface area contributed by atoms with Gasteiger partial charge in [0.05, 0.1) is 5.69 Å². The van der Waals surface area contributed by atoms with Gasteiger partial charge in [0, 0.05) is 48.3 Å². The molecule has 0 radical (unpaired) electrons. The summed E-state index contributed by atoms with van der Waals surface area (Å²) in [5.41, 5.74) is 4.38. The molecule has 5 nitrogen and oxygen atoms in total.